The number of pyridine rings is 1. The Kier molecular flexibility index (Phi) is 4.33. The van der Waals surface area contributed by atoms with Crippen molar-refractivity contribution in [2.45, 2.75) is 25.8 Å². The Labute approximate surface area is 112 Å². The molecule has 0 aliphatic carbocycles. The van der Waals surface area contributed by atoms with E-state index in [1.54, 1.807) is 18.3 Å². The smallest absolute Gasteiger partial charge is 0.253 e. The summed E-state index contributed by atoms with van der Waals surface area (Å²) in [6.07, 6.45) is 2.69. The first-order valence-electron chi connectivity index (χ1n) is 6.46. The summed E-state index contributed by atoms with van der Waals surface area (Å²) in [5.41, 5.74) is 0.526. The largest absolute Gasteiger partial charge is 0.370 e. The highest BCUT2D eigenvalue weighted by Gasteiger charge is 2.20. The Bertz CT molecular complexity index is 448. The highest BCUT2D eigenvalue weighted by atomic mass is 16.2. The SMILES string of the molecule is CCNc1ccc(C(=O)NC2CCC(=O)NC2)cn1. The fraction of sp³-hybridized carbons (Fsp3) is 0.462. The van der Waals surface area contributed by atoms with E-state index in [2.05, 4.69) is 20.9 Å². The molecule has 1 atom stereocenters. The van der Waals surface area contributed by atoms with Gasteiger partial charge >= 0.3 is 0 Å². The van der Waals surface area contributed by atoms with Crippen LogP contribution in [0.15, 0.2) is 18.3 Å². The minimum atomic E-state index is -0.156. The van der Waals surface area contributed by atoms with E-state index in [0.29, 0.717) is 24.9 Å². The Morgan fingerprint density at radius 3 is 2.95 bits per heavy atom. The van der Waals surface area contributed by atoms with E-state index < -0.39 is 0 Å². The zero-order valence-corrected chi connectivity index (χ0v) is 10.9. The number of aromatic nitrogens is 1. The van der Waals surface area contributed by atoms with E-state index in [9.17, 15) is 9.59 Å². The number of hydrogen-bond donors (Lipinski definition) is 3. The maximum Gasteiger partial charge on any atom is 0.253 e. The van der Waals surface area contributed by atoms with Crippen molar-refractivity contribution in [1.82, 2.24) is 15.6 Å². The molecule has 1 saturated heterocycles. The number of anilines is 1. The highest BCUT2D eigenvalue weighted by molar-refractivity contribution is 5.94. The van der Waals surface area contributed by atoms with Gasteiger partial charge in [-0.05, 0) is 25.5 Å². The number of piperidine rings is 1. The predicted molar refractivity (Wildman–Crippen MR) is 71.9 cm³/mol. The van der Waals surface area contributed by atoms with Gasteiger partial charge in [-0.3, -0.25) is 9.59 Å². The van der Waals surface area contributed by atoms with E-state index in [1.807, 2.05) is 6.92 Å². The average molecular weight is 262 g/mol. The van der Waals surface area contributed by atoms with Gasteiger partial charge in [0.15, 0.2) is 0 Å². The number of hydrogen-bond acceptors (Lipinski definition) is 4. The van der Waals surface area contributed by atoms with E-state index in [4.69, 9.17) is 0 Å². The second kappa shape index (κ2) is 6.17. The van der Waals surface area contributed by atoms with Gasteiger partial charge in [0.1, 0.15) is 5.82 Å². The zero-order valence-electron chi connectivity index (χ0n) is 10.9. The maximum absolute atomic E-state index is 12.0. The third-order valence-corrected chi connectivity index (χ3v) is 2.98. The van der Waals surface area contributed by atoms with Crippen molar-refractivity contribution in [2.75, 3.05) is 18.4 Å². The summed E-state index contributed by atoms with van der Waals surface area (Å²) >= 11 is 0. The highest BCUT2D eigenvalue weighted by Crippen LogP contribution is 2.07. The zero-order chi connectivity index (χ0) is 13.7. The quantitative estimate of drug-likeness (QED) is 0.739. The minimum Gasteiger partial charge on any atom is -0.370 e. The molecule has 1 fully saturated rings. The molecular weight excluding hydrogens is 244 g/mol. The van der Waals surface area contributed by atoms with Gasteiger partial charge in [-0.2, -0.15) is 0 Å². The van der Waals surface area contributed by atoms with Gasteiger partial charge in [-0.1, -0.05) is 0 Å². The molecule has 0 bridgehead atoms. The monoisotopic (exact) mass is 262 g/mol. The molecule has 0 radical (unpaired) electrons. The molecule has 1 aliphatic rings. The van der Waals surface area contributed by atoms with Crippen molar-refractivity contribution < 1.29 is 9.59 Å². The number of carbonyl (C=O) groups excluding carboxylic acids is 2. The van der Waals surface area contributed by atoms with Crippen LogP contribution in [-0.2, 0) is 4.79 Å². The van der Waals surface area contributed by atoms with Crippen LogP contribution in [0.2, 0.25) is 0 Å². The van der Waals surface area contributed by atoms with E-state index in [1.165, 1.54) is 0 Å². The summed E-state index contributed by atoms with van der Waals surface area (Å²) in [7, 11) is 0. The molecule has 1 aliphatic heterocycles. The standard InChI is InChI=1S/C13H18N4O2/c1-2-14-11-5-3-9(7-15-11)13(19)17-10-4-6-12(18)16-8-10/h3,5,7,10H,2,4,6,8H2,1H3,(H,14,15)(H,16,18)(H,17,19). The number of nitrogens with one attached hydrogen (secondary N) is 3. The van der Waals surface area contributed by atoms with Gasteiger partial charge in [0, 0.05) is 31.7 Å². The van der Waals surface area contributed by atoms with Gasteiger partial charge in [0.05, 0.1) is 5.56 Å². The first-order valence-corrected chi connectivity index (χ1v) is 6.46. The van der Waals surface area contributed by atoms with E-state index >= 15 is 0 Å². The molecule has 19 heavy (non-hydrogen) atoms. The van der Waals surface area contributed by atoms with Gasteiger partial charge in [0.25, 0.3) is 5.91 Å². The van der Waals surface area contributed by atoms with Crippen LogP contribution in [0, 0.1) is 0 Å². The van der Waals surface area contributed by atoms with Crippen LogP contribution in [0.5, 0.6) is 0 Å². The predicted octanol–water partition coefficient (Wildman–Crippen LogP) is 0.522. The second-order valence-corrected chi connectivity index (χ2v) is 4.48. The van der Waals surface area contributed by atoms with Gasteiger partial charge < -0.3 is 16.0 Å². The minimum absolute atomic E-state index is 0.00126. The first kappa shape index (κ1) is 13.3. The molecule has 2 rings (SSSR count). The Hall–Kier alpha value is -2.11. The van der Waals surface area contributed by atoms with Crippen molar-refractivity contribution >= 4 is 17.6 Å². The number of amides is 2. The lowest BCUT2D eigenvalue weighted by atomic mass is 10.1. The molecule has 2 amide bonds. The molecule has 0 saturated carbocycles. The van der Waals surface area contributed by atoms with Gasteiger partial charge in [-0.25, -0.2) is 4.98 Å². The van der Waals surface area contributed by atoms with Crippen LogP contribution < -0.4 is 16.0 Å². The molecule has 1 unspecified atom stereocenters. The Morgan fingerprint density at radius 1 is 1.53 bits per heavy atom. The van der Waals surface area contributed by atoms with Crippen molar-refractivity contribution in [3.63, 3.8) is 0 Å². The maximum atomic E-state index is 12.0. The molecule has 0 aromatic carbocycles. The lowest BCUT2D eigenvalue weighted by Crippen LogP contribution is -2.47. The molecule has 1 aromatic heterocycles. The normalized spacial score (nSPS) is 18.6. The van der Waals surface area contributed by atoms with E-state index in [-0.39, 0.29) is 17.9 Å². The summed E-state index contributed by atoms with van der Waals surface area (Å²) in [5, 5.41) is 8.70. The molecule has 3 N–H and O–H groups in total. The molecule has 1 aromatic rings. The number of rotatable bonds is 4. The van der Waals surface area contributed by atoms with Crippen LogP contribution in [0.1, 0.15) is 30.1 Å². The summed E-state index contributed by atoms with van der Waals surface area (Å²) in [6.45, 7) is 3.27. The lowest BCUT2D eigenvalue weighted by Gasteiger charge is -2.23. The third-order valence-electron chi connectivity index (χ3n) is 2.98. The summed E-state index contributed by atoms with van der Waals surface area (Å²) < 4.78 is 0. The number of carbonyl (C=O) groups is 2. The van der Waals surface area contributed by atoms with Gasteiger partial charge in [-0.15, -0.1) is 0 Å². The molecule has 2 heterocycles. The summed E-state index contributed by atoms with van der Waals surface area (Å²) in [6, 6.07) is 3.52. The average Bonchev–Trinajstić information content (AvgIpc) is 2.42. The molecule has 102 valence electrons. The molecule has 6 nitrogen and oxygen atoms in total. The summed E-state index contributed by atoms with van der Waals surface area (Å²) in [5.74, 6) is 0.642. The fourth-order valence-corrected chi connectivity index (χ4v) is 1.94. The van der Waals surface area contributed by atoms with Crippen LogP contribution in [0.3, 0.4) is 0 Å². The molecular formula is C13H18N4O2. The van der Waals surface area contributed by atoms with Crippen molar-refractivity contribution in [3.8, 4) is 0 Å². The van der Waals surface area contributed by atoms with Crippen LogP contribution in [-0.4, -0.2) is 35.9 Å². The Morgan fingerprint density at radius 2 is 2.37 bits per heavy atom. The molecule has 6 heteroatoms. The van der Waals surface area contributed by atoms with Crippen molar-refractivity contribution in [1.29, 1.82) is 0 Å². The van der Waals surface area contributed by atoms with E-state index in [0.717, 1.165) is 12.4 Å². The first-order chi connectivity index (χ1) is 9.19. The van der Waals surface area contributed by atoms with Crippen LogP contribution >= 0.6 is 0 Å². The third kappa shape index (κ3) is 3.67. The topological polar surface area (TPSA) is 83.1 Å². The van der Waals surface area contributed by atoms with Gasteiger partial charge in [0.2, 0.25) is 5.91 Å². The number of nitrogens with zero attached hydrogens (tertiary/aromatic N) is 1. The Balaban J connectivity index is 1.90. The van der Waals surface area contributed by atoms with Crippen LogP contribution in [0.25, 0.3) is 0 Å². The fourth-order valence-electron chi connectivity index (χ4n) is 1.94. The van der Waals surface area contributed by atoms with Crippen molar-refractivity contribution in [2.24, 2.45) is 0 Å². The van der Waals surface area contributed by atoms with Crippen LogP contribution in [0.4, 0.5) is 5.82 Å². The lowest BCUT2D eigenvalue weighted by molar-refractivity contribution is -0.122. The van der Waals surface area contributed by atoms with Crippen molar-refractivity contribution in [3.05, 3.63) is 23.9 Å². The second-order valence-electron chi connectivity index (χ2n) is 4.48. The summed E-state index contributed by atoms with van der Waals surface area (Å²) in [4.78, 5) is 27.2. The molecule has 0 spiro atoms.